The van der Waals surface area contributed by atoms with Gasteiger partial charge in [-0.15, -0.1) is 0 Å². The molecule has 1 aromatic rings. The molecule has 5 heteroatoms. The molecule has 0 radical (unpaired) electrons. The Bertz CT molecular complexity index is 332. The van der Waals surface area contributed by atoms with Crippen molar-refractivity contribution in [3.05, 3.63) is 22.4 Å². The highest BCUT2D eigenvalue weighted by molar-refractivity contribution is 8.14. The van der Waals surface area contributed by atoms with E-state index in [0.29, 0.717) is 5.56 Å². The van der Waals surface area contributed by atoms with Gasteiger partial charge in [-0.3, -0.25) is 9.79 Å². The van der Waals surface area contributed by atoms with E-state index in [1.807, 2.05) is 10.8 Å². The minimum atomic E-state index is -0.0607. The lowest BCUT2D eigenvalue weighted by atomic mass is 10.3. The van der Waals surface area contributed by atoms with Crippen LogP contribution in [0.15, 0.2) is 21.8 Å². The molecule has 0 fully saturated rings. The van der Waals surface area contributed by atoms with Crippen LogP contribution in [0.3, 0.4) is 0 Å². The van der Waals surface area contributed by atoms with E-state index in [4.69, 9.17) is 0 Å². The number of nitrogens with one attached hydrogen (secondary N) is 1. The first-order valence-electron chi connectivity index (χ1n) is 3.87. The molecule has 1 N–H and O–H groups in total. The highest BCUT2D eigenvalue weighted by Gasteiger charge is 2.12. The predicted molar refractivity (Wildman–Crippen MR) is 56.5 cm³/mol. The summed E-state index contributed by atoms with van der Waals surface area (Å²) in [6.45, 7) is 0.809. The third-order valence-corrected chi connectivity index (χ3v) is 3.16. The summed E-state index contributed by atoms with van der Waals surface area (Å²) in [5, 5.41) is 7.22. The van der Waals surface area contributed by atoms with E-state index in [1.165, 1.54) is 11.3 Å². The van der Waals surface area contributed by atoms with Gasteiger partial charge in [-0.2, -0.15) is 11.3 Å². The van der Waals surface area contributed by atoms with E-state index < -0.39 is 0 Å². The fraction of sp³-hybridized carbons (Fsp3) is 0.250. The van der Waals surface area contributed by atoms with Crippen LogP contribution < -0.4 is 5.32 Å². The normalized spacial score (nSPS) is 15.5. The zero-order chi connectivity index (χ0) is 9.10. The second kappa shape index (κ2) is 3.93. The second-order valence-electron chi connectivity index (χ2n) is 2.50. The van der Waals surface area contributed by atoms with E-state index in [0.717, 1.165) is 17.5 Å². The summed E-state index contributed by atoms with van der Waals surface area (Å²) in [4.78, 5) is 15.6. The largest absolute Gasteiger partial charge is 0.301 e. The summed E-state index contributed by atoms with van der Waals surface area (Å²) in [5.41, 5.74) is 0.709. The fourth-order valence-electron chi connectivity index (χ4n) is 0.974. The lowest BCUT2D eigenvalue weighted by molar-refractivity contribution is 0.0978. The number of rotatable bonds is 1. The fourth-order valence-corrected chi connectivity index (χ4v) is 2.33. The first kappa shape index (κ1) is 8.77. The maximum Gasteiger partial charge on any atom is 0.258 e. The van der Waals surface area contributed by atoms with Crippen LogP contribution in [-0.2, 0) is 0 Å². The summed E-state index contributed by atoms with van der Waals surface area (Å²) in [7, 11) is 0. The van der Waals surface area contributed by atoms with Gasteiger partial charge in [0.25, 0.3) is 5.91 Å². The van der Waals surface area contributed by atoms with Gasteiger partial charge in [-0.25, -0.2) is 0 Å². The first-order chi connectivity index (χ1) is 6.36. The number of carbonyl (C=O) groups is 1. The Morgan fingerprint density at radius 1 is 1.62 bits per heavy atom. The molecular weight excluding hydrogens is 204 g/mol. The number of hydrogen-bond donors (Lipinski definition) is 1. The van der Waals surface area contributed by atoms with Crippen molar-refractivity contribution in [3.63, 3.8) is 0 Å². The monoisotopic (exact) mass is 212 g/mol. The summed E-state index contributed by atoms with van der Waals surface area (Å²) >= 11 is 3.11. The predicted octanol–water partition coefficient (Wildman–Crippen LogP) is 1.58. The van der Waals surface area contributed by atoms with E-state index in [2.05, 4.69) is 10.3 Å². The van der Waals surface area contributed by atoms with Crippen molar-refractivity contribution in [1.29, 1.82) is 0 Å². The zero-order valence-electron chi connectivity index (χ0n) is 6.82. The molecule has 68 valence electrons. The Balaban J connectivity index is 1.99. The molecule has 0 atom stereocenters. The van der Waals surface area contributed by atoms with E-state index in [1.54, 1.807) is 17.8 Å². The SMILES string of the molecule is O=C(NC1=NCCS1)c1ccsc1. The molecule has 2 rings (SSSR count). The lowest BCUT2D eigenvalue weighted by Crippen LogP contribution is -2.26. The molecular formula is C8H8N2OS2. The van der Waals surface area contributed by atoms with Gasteiger partial charge in [-0.1, -0.05) is 11.8 Å². The van der Waals surface area contributed by atoms with E-state index >= 15 is 0 Å². The Morgan fingerprint density at radius 2 is 2.54 bits per heavy atom. The van der Waals surface area contributed by atoms with Crippen molar-refractivity contribution in [3.8, 4) is 0 Å². The molecule has 2 heterocycles. The number of amides is 1. The van der Waals surface area contributed by atoms with Crippen molar-refractivity contribution in [1.82, 2.24) is 5.32 Å². The summed E-state index contributed by atoms with van der Waals surface area (Å²) in [5.74, 6) is 0.911. The number of nitrogens with zero attached hydrogens (tertiary/aromatic N) is 1. The lowest BCUT2D eigenvalue weighted by Gasteiger charge is -2.00. The first-order valence-corrected chi connectivity index (χ1v) is 5.80. The van der Waals surface area contributed by atoms with Gasteiger partial charge in [0.05, 0.1) is 12.1 Å². The standard InChI is InChI=1S/C8H8N2OS2/c11-7(6-1-3-12-5-6)10-8-9-2-4-13-8/h1,3,5H,2,4H2,(H,9,10,11). The molecule has 0 aliphatic carbocycles. The average Bonchev–Trinajstić information content (AvgIpc) is 2.74. The van der Waals surface area contributed by atoms with E-state index in [-0.39, 0.29) is 5.91 Å². The highest BCUT2D eigenvalue weighted by Crippen LogP contribution is 2.11. The average molecular weight is 212 g/mol. The van der Waals surface area contributed by atoms with Crippen LogP contribution in [0.1, 0.15) is 10.4 Å². The van der Waals surface area contributed by atoms with Gasteiger partial charge in [0, 0.05) is 11.1 Å². The molecule has 0 aromatic carbocycles. The van der Waals surface area contributed by atoms with Crippen molar-refractivity contribution >= 4 is 34.2 Å². The number of hydrogen-bond acceptors (Lipinski definition) is 4. The van der Waals surface area contributed by atoms with Gasteiger partial charge in [0.2, 0.25) is 0 Å². The third kappa shape index (κ3) is 2.10. The van der Waals surface area contributed by atoms with Gasteiger partial charge in [0.1, 0.15) is 0 Å². The smallest absolute Gasteiger partial charge is 0.258 e. The van der Waals surface area contributed by atoms with Crippen LogP contribution in [0.5, 0.6) is 0 Å². The minimum Gasteiger partial charge on any atom is -0.301 e. The molecule has 0 saturated carbocycles. The Hall–Kier alpha value is -0.810. The number of carbonyl (C=O) groups excluding carboxylic acids is 1. The van der Waals surface area contributed by atoms with Gasteiger partial charge >= 0.3 is 0 Å². The topological polar surface area (TPSA) is 41.5 Å². The molecule has 0 spiro atoms. The van der Waals surface area contributed by atoms with Crippen LogP contribution >= 0.6 is 23.1 Å². The Labute approximate surface area is 84.3 Å². The minimum absolute atomic E-state index is 0.0607. The maximum atomic E-state index is 11.5. The molecule has 13 heavy (non-hydrogen) atoms. The summed E-state index contributed by atoms with van der Waals surface area (Å²) < 4.78 is 0. The van der Waals surface area contributed by atoms with Crippen molar-refractivity contribution < 1.29 is 4.79 Å². The Kier molecular flexibility index (Phi) is 2.65. The van der Waals surface area contributed by atoms with Gasteiger partial charge in [0.15, 0.2) is 5.17 Å². The molecule has 3 nitrogen and oxygen atoms in total. The molecule has 1 aromatic heterocycles. The number of thiophene rings is 1. The molecule has 1 aliphatic heterocycles. The van der Waals surface area contributed by atoms with Gasteiger partial charge < -0.3 is 5.32 Å². The Morgan fingerprint density at radius 3 is 3.15 bits per heavy atom. The highest BCUT2D eigenvalue weighted by atomic mass is 32.2. The second-order valence-corrected chi connectivity index (χ2v) is 4.37. The number of amidine groups is 1. The molecule has 1 aliphatic rings. The van der Waals surface area contributed by atoms with Crippen LogP contribution in [0.2, 0.25) is 0 Å². The molecule has 0 unspecified atom stereocenters. The number of aliphatic imine (C=N–C) groups is 1. The molecule has 1 amide bonds. The summed E-state index contributed by atoms with van der Waals surface area (Å²) in [6, 6.07) is 1.81. The van der Waals surface area contributed by atoms with Crippen LogP contribution in [-0.4, -0.2) is 23.4 Å². The van der Waals surface area contributed by atoms with Crippen molar-refractivity contribution in [2.24, 2.45) is 4.99 Å². The molecule has 0 bridgehead atoms. The van der Waals surface area contributed by atoms with E-state index in [9.17, 15) is 4.79 Å². The molecule has 0 saturated heterocycles. The summed E-state index contributed by atoms with van der Waals surface area (Å²) in [6.07, 6.45) is 0. The zero-order valence-corrected chi connectivity index (χ0v) is 8.45. The van der Waals surface area contributed by atoms with Crippen LogP contribution in [0, 0.1) is 0 Å². The maximum absolute atomic E-state index is 11.5. The van der Waals surface area contributed by atoms with Crippen LogP contribution in [0.25, 0.3) is 0 Å². The van der Waals surface area contributed by atoms with Gasteiger partial charge in [-0.05, 0) is 11.4 Å². The van der Waals surface area contributed by atoms with Crippen LogP contribution in [0.4, 0.5) is 0 Å². The number of thioether (sulfide) groups is 1. The van der Waals surface area contributed by atoms with Crippen molar-refractivity contribution in [2.75, 3.05) is 12.3 Å². The van der Waals surface area contributed by atoms with Crippen molar-refractivity contribution in [2.45, 2.75) is 0 Å². The quantitative estimate of drug-likeness (QED) is 0.768. The third-order valence-electron chi connectivity index (χ3n) is 1.59.